The van der Waals surface area contributed by atoms with Gasteiger partial charge in [-0.3, -0.25) is 9.69 Å². The molecule has 0 saturated carbocycles. The van der Waals surface area contributed by atoms with Crippen molar-refractivity contribution in [1.82, 2.24) is 4.90 Å². The van der Waals surface area contributed by atoms with E-state index in [9.17, 15) is 9.90 Å². The number of ether oxygens (including phenoxy) is 2. The van der Waals surface area contributed by atoms with Crippen molar-refractivity contribution in [3.63, 3.8) is 0 Å². The van der Waals surface area contributed by atoms with Crippen LogP contribution < -0.4 is 9.47 Å². The van der Waals surface area contributed by atoms with Gasteiger partial charge in [-0.2, -0.15) is 0 Å². The number of carbonyl (C=O) groups excluding carboxylic acids is 1. The average molecular weight is 351 g/mol. The Bertz CT molecular complexity index is 882. The van der Waals surface area contributed by atoms with Crippen LogP contribution in [0.2, 0.25) is 0 Å². The van der Waals surface area contributed by atoms with Gasteiger partial charge in [-0.25, -0.2) is 0 Å². The van der Waals surface area contributed by atoms with Crippen LogP contribution in [0.25, 0.3) is 6.08 Å². The number of benzene rings is 2. The summed E-state index contributed by atoms with van der Waals surface area (Å²) in [7, 11) is 1.59. The normalized spacial score (nSPS) is 18.2. The van der Waals surface area contributed by atoms with E-state index in [1.807, 2.05) is 24.3 Å². The highest BCUT2D eigenvalue weighted by Crippen LogP contribution is 2.40. The number of para-hydroxylation sites is 1. The predicted octanol–water partition coefficient (Wildman–Crippen LogP) is 3.61. The number of likely N-dealkylation sites (tertiary alicyclic amines) is 1. The number of carbonyl (C=O) groups is 1. The van der Waals surface area contributed by atoms with Crippen molar-refractivity contribution >= 4 is 11.9 Å². The number of hydrogen-bond acceptors (Lipinski definition) is 5. The van der Waals surface area contributed by atoms with E-state index in [1.54, 1.807) is 25.3 Å². The molecular formula is C21H21NO4. The van der Waals surface area contributed by atoms with Crippen LogP contribution in [0.3, 0.4) is 0 Å². The molecular weight excluding hydrogens is 330 g/mol. The van der Waals surface area contributed by atoms with Gasteiger partial charge in [0.15, 0.2) is 5.76 Å². The van der Waals surface area contributed by atoms with Crippen molar-refractivity contribution in [3.05, 3.63) is 58.8 Å². The van der Waals surface area contributed by atoms with Gasteiger partial charge in [0.1, 0.15) is 17.2 Å². The Morgan fingerprint density at radius 2 is 1.96 bits per heavy atom. The molecule has 2 aliphatic heterocycles. The third-order valence-electron chi connectivity index (χ3n) is 4.92. The fourth-order valence-corrected chi connectivity index (χ4v) is 3.54. The van der Waals surface area contributed by atoms with E-state index in [2.05, 4.69) is 4.90 Å². The Hall–Kier alpha value is -2.79. The van der Waals surface area contributed by atoms with E-state index in [-0.39, 0.29) is 17.3 Å². The van der Waals surface area contributed by atoms with E-state index in [1.165, 1.54) is 0 Å². The molecule has 0 aliphatic carbocycles. The lowest BCUT2D eigenvalue weighted by Gasteiger charge is -2.17. The SMILES string of the molecule is COc1ccccc1/C=C1\Oc2c(ccc(O)c2CN2CCCC2)C1=O. The minimum absolute atomic E-state index is 0.169. The number of fused-ring (bicyclic) bond motifs is 1. The lowest BCUT2D eigenvalue weighted by Crippen LogP contribution is -2.18. The van der Waals surface area contributed by atoms with Crippen LogP contribution in [0.5, 0.6) is 17.2 Å². The van der Waals surface area contributed by atoms with E-state index >= 15 is 0 Å². The highest BCUT2D eigenvalue weighted by Gasteiger charge is 2.32. The Labute approximate surface area is 152 Å². The van der Waals surface area contributed by atoms with Gasteiger partial charge in [0.2, 0.25) is 5.78 Å². The van der Waals surface area contributed by atoms with Crippen molar-refractivity contribution in [2.75, 3.05) is 20.2 Å². The molecule has 0 bridgehead atoms. The van der Waals surface area contributed by atoms with Crippen molar-refractivity contribution < 1.29 is 19.4 Å². The standard InChI is InChI=1S/C21H21NO4/c1-25-18-7-3-2-6-14(18)12-19-20(24)15-8-9-17(23)16(21(15)26-19)13-22-10-4-5-11-22/h2-3,6-9,12,23H,4-5,10-11,13H2,1H3/b19-12-. The molecule has 2 aromatic rings. The second-order valence-electron chi connectivity index (χ2n) is 6.60. The Kier molecular flexibility index (Phi) is 4.39. The zero-order chi connectivity index (χ0) is 18.1. The van der Waals surface area contributed by atoms with E-state index in [4.69, 9.17) is 9.47 Å². The lowest BCUT2D eigenvalue weighted by atomic mass is 10.0. The number of phenolic OH excluding ortho intramolecular Hbond substituents is 1. The maximum absolute atomic E-state index is 12.8. The summed E-state index contributed by atoms with van der Waals surface area (Å²) in [6.07, 6.45) is 4.01. The first-order valence-corrected chi connectivity index (χ1v) is 8.82. The monoisotopic (exact) mass is 351 g/mol. The van der Waals surface area contributed by atoms with Crippen molar-refractivity contribution in [3.8, 4) is 17.2 Å². The summed E-state index contributed by atoms with van der Waals surface area (Å²) in [6.45, 7) is 2.59. The Balaban J connectivity index is 1.69. The average Bonchev–Trinajstić information content (AvgIpc) is 3.27. The first-order valence-electron chi connectivity index (χ1n) is 8.82. The Morgan fingerprint density at radius 3 is 2.73 bits per heavy atom. The summed E-state index contributed by atoms with van der Waals surface area (Å²) in [6, 6.07) is 10.7. The molecule has 0 radical (unpaired) electrons. The molecule has 2 heterocycles. The fraction of sp³-hybridized carbons (Fsp3) is 0.286. The van der Waals surface area contributed by atoms with E-state index < -0.39 is 0 Å². The molecule has 0 spiro atoms. The summed E-state index contributed by atoms with van der Waals surface area (Å²) in [5, 5.41) is 10.3. The summed E-state index contributed by atoms with van der Waals surface area (Å²) < 4.78 is 11.3. The smallest absolute Gasteiger partial charge is 0.231 e. The van der Waals surface area contributed by atoms with Crippen LogP contribution in [0.4, 0.5) is 0 Å². The first-order chi connectivity index (χ1) is 12.7. The minimum atomic E-state index is -0.173. The predicted molar refractivity (Wildman–Crippen MR) is 98.5 cm³/mol. The molecule has 2 aliphatic rings. The number of allylic oxidation sites excluding steroid dienone is 1. The number of hydrogen-bond donors (Lipinski definition) is 1. The lowest BCUT2D eigenvalue weighted by molar-refractivity contribution is 0.101. The third kappa shape index (κ3) is 2.95. The zero-order valence-corrected chi connectivity index (χ0v) is 14.7. The molecule has 0 atom stereocenters. The highest BCUT2D eigenvalue weighted by molar-refractivity contribution is 6.15. The first kappa shape index (κ1) is 16.7. The van der Waals surface area contributed by atoms with E-state index in [0.29, 0.717) is 29.2 Å². The van der Waals surface area contributed by atoms with Crippen LogP contribution in [-0.2, 0) is 6.54 Å². The molecule has 1 saturated heterocycles. The van der Waals surface area contributed by atoms with Crippen LogP contribution in [-0.4, -0.2) is 36.0 Å². The maximum atomic E-state index is 12.8. The van der Waals surface area contributed by atoms with Crippen LogP contribution >= 0.6 is 0 Å². The number of aromatic hydroxyl groups is 1. The Morgan fingerprint density at radius 1 is 1.19 bits per heavy atom. The van der Waals surface area contributed by atoms with Gasteiger partial charge < -0.3 is 14.6 Å². The molecule has 5 heteroatoms. The van der Waals surface area contributed by atoms with Crippen LogP contribution in [0, 0.1) is 0 Å². The van der Waals surface area contributed by atoms with Crippen molar-refractivity contribution in [1.29, 1.82) is 0 Å². The van der Waals surface area contributed by atoms with Crippen molar-refractivity contribution in [2.45, 2.75) is 19.4 Å². The number of rotatable bonds is 4. The quantitative estimate of drug-likeness (QED) is 0.853. The number of ketones is 1. The second kappa shape index (κ2) is 6.84. The fourth-order valence-electron chi connectivity index (χ4n) is 3.54. The molecule has 5 nitrogen and oxygen atoms in total. The summed E-state index contributed by atoms with van der Waals surface area (Å²) in [5.41, 5.74) is 1.95. The molecule has 4 rings (SSSR count). The molecule has 1 N–H and O–H groups in total. The van der Waals surface area contributed by atoms with Crippen LogP contribution in [0.1, 0.15) is 34.3 Å². The summed E-state index contributed by atoms with van der Waals surface area (Å²) in [4.78, 5) is 15.0. The molecule has 0 aromatic heterocycles. The van der Waals surface area contributed by atoms with Gasteiger partial charge in [-0.05, 0) is 50.2 Å². The van der Waals surface area contributed by atoms with Gasteiger partial charge in [-0.15, -0.1) is 0 Å². The van der Waals surface area contributed by atoms with Gasteiger partial charge in [-0.1, -0.05) is 18.2 Å². The second-order valence-corrected chi connectivity index (χ2v) is 6.60. The molecule has 0 amide bonds. The minimum Gasteiger partial charge on any atom is -0.507 e. The van der Waals surface area contributed by atoms with E-state index in [0.717, 1.165) is 31.5 Å². The highest BCUT2D eigenvalue weighted by atomic mass is 16.5. The number of methoxy groups -OCH3 is 1. The van der Waals surface area contributed by atoms with Gasteiger partial charge in [0, 0.05) is 12.1 Å². The summed E-state index contributed by atoms with van der Waals surface area (Å²) in [5.74, 6) is 1.39. The largest absolute Gasteiger partial charge is 0.507 e. The van der Waals surface area contributed by atoms with Crippen LogP contribution in [0.15, 0.2) is 42.2 Å². The molecule has 0 unspecified atom stereocenters. The van der Waals surface area contributed by atoms with Gasteiger partial charge in [0.05, 0.1) is 18.2 Å². The number of nitrogens with zero attached hydrogens (tertiary/aromatic N) is 1. The molecule has 1 fully saturated rings. The third-order valence-corrected chi connectivity index (χ3v) is 4.92. The topological polar surface area (TPSA) is 59.0 Å². The molecule has 134 valence electrons. The zero-order valence-electron chi connectivity index (χ0n) is 14.7. The van der Waals surface area contributed by atoms with Gasteiger partial charge in [0.25, 0.3) is 0 Å². The molecule has 2 aromatic carbocycles. The number of Topliss-reactive ketones (excluding diaryl/α,β-unsaturated/α-hetero) is 1. The molecule has 26 heavy (non-hydrogen) atoms. The van der Waals surface area contributed by atoms with Crippen molar-refractivity contribution in [2.24, 2.45) is 0 Å². The maximum Gasteiger partial charge on any atom is 0.231 e. The summed E-state index contributed by atoms with van der Waals surface area (Å²) >= 11 is 0. The van der Waals surface area contributed by atoms with Gasteiger partial charge >= 0.3 is 0 Å². The number of phenols is 1.